The van der Waals surface area contributed by atoms with Gasteiger partial charge in [-0.1, -0.05) is 57.6 Å². The number of benzene rings is 2. The number of hydrogen-bond donors (Lipinski definition) is 1. The molecule has 1 heterocycles. The molecule has 0 bridgehead atoms. The Morgan fingerprint density at radius 3 is 2.23 bits per heavy atom. The Hall–Kier alpha value is -2.82. The van der Waals surface area contributed by atoms with Crippen LogP contribution in [0, 0.1) is 5.92 Å². The van der Waals surface area contributed by atoms with Crippen LogP contribution in [-0.2, 0) is 11.2 Å². The molecule has 0 spiro atoms. The highest BCUT2D eigenvalue weighted by Crippen LogP contribution is 2.29. The van der Waals surface area contributed by atoms with Gasteiger partial charge in [0.15, 0.2) is 0 Å². The molecule has 2 aromatic carbocycles. The van der Waals surface area contributed by atoms with Crippen LogP contribution in [0.1, 0.15) is 80.6 Å². The van der Waals surface area contributed by atoms with Gasteiger partial charge in [0.1, 0.15) is 0 Å². The van der Waals surface area contributed by atoms with Gasteiger partial charge in [0, 0.05) is 49.5 Å². The number of rotatable bonds is 10. The van der Waals surface area contributed by atoms with E-state index in [9.17, 15) is 9.59 Å². The molecule has 2 aliphatic rings. The number of nitrogens with one attached hydrogen (secondary N) is 1. The third-order valence-electron chi connectivity index (χ3n) is 7.65. The number of anilines is 2. The number of amides is 2. The van der Waals surface area contributed by atoms with Gasteiger partial charge in [-0.15, -0.1) is 0 Å². The zero-order valence-corrected chi connectivity index (χ0v) is 21.3. The van der Waals surface area contributed by atoms with E-state index in [2.05, 4.69) is 41.4 Å². The Morgan fingerprint density at radius 2 is 1.57 bits per heavy atom. The summed E-state index contributed by atoms with van der Waals surface area (Å²) in [5, 5.41) is 3.01. The minimum absolute atomic E-state index is 0.0809. The van der Waals surface area contributed by atoms with Crippen molar-refractivity contribution in [1.82, 2.24) is 4.90 Å². The second-order valence-electron chi connectivity index (χ2n) is 10.2. The van der Waals surface area contributed by atoms with E-state index in [1.807, 2.05) is 29.2 Å². The Balaban J connectivity index is 1.21. The molecule has 1 aliphatic heterocycles. The quantitative estimate of drug-likeness (QED) is 0.411. The third-order valence-corrected chi connectivity index (χ3v) is 7.65. The largest absolute Gasteiger partial charge is 0.368 e. The third kappa shape index (κ3) is 7.33. The molecule has 2 amide bonds. The van der Waals surface area contributed by atoms with Gasteiger partial charge < -0.3 is 15.1 Å². The smallest absolute Gasteiger partial charge is 0.255 e. The molecule has 1 saturated carbocycles. The number of aryl methyl sites for hydroxylation is 1. The lowest BCUT2D eigenvalue weighted by Crippen LogP contribution is -2.48. The molecule has 0 atom stereocenters. The molecule has 5 nitrogen and oxygen atoms in total. The van der Waals surface area contributed by atoms with Gasteiger partial charge in [0.2, 0.25) is 5.91 Å². The van der Waals surface area contributed by atoms with Crippen LogP contribution in [0.4, 0.5) is 11.4 Å². The van der Waals surface area contributed by atoms with Crippen molar-refractivity contribution in [3.8, 4) is 0 Å². The van der Waals surface area contributed by atoms with Gasteiger partial charge in [-0.3, -0.25) is 9.59 Å². The average molecular weight is 476 g/mol. The summed E-state index contributed by atoms with van der Waals surface area (Å²) in [6.45, 7) is 5.49. The molecule has 0 radical (unpaired) electrons. The van der Waals surface area contributed by atoms with Crippen LogP contribution < -0.4 is 10.2 Å². The zero-order chi connectivity index (χ0) is 24.5. The number of carbonyl (C=O) groups excluding carboxylic acids is 2. The molecule has 2 aromatic rings. The average Bonchev–Trinajstić information content (AvgIpc) is 3.42. The van der Waals surface area contributed by atoms with Gasteiger partial charge in [0.05, 0.1) is 0 Å². The maximum absolute atomic E-state index is 12.7. The maximum Gasteiger partial charge on any atom is 0.255 e. The van der Waals surface area contributed by atoms with E-state index in [4.69, 9.17) is 0 Å². The van der Waals surface area contributed by atoms with Crippen molar-refractivity contribution in [2.24, 2.45) is 5.92 Å². The Labute approximate surface area is 210 Å². The van der Waals surface area contributed by atoms with Crippen LogP contribution in [0.2, 0.25) is 0 Å². The summed E-state index contributed by atoms with van der Waals surface area (Å²) < 4.78 is 0. The SMILES string of the molecule is CCCCCc1ccc(C(=O)Nc2ccc(N3CCN(C(=O)CCC4CCCC4)CC3)cc2)cc1. The fourth-order valence-electron chi connectivity index (χ4n) is 5.36. The standard InChI is InChI=1S/C30H41N3O2/c1-2-3-4-7-25-10-13-26(14-11-25)30(35)31-27-15-17-28(18-16-27)32-20-22-33(23-21-32)29(34)19-12-24-8-5-6-9-24/h10-11,13-18,24H,2-9,12,19-23H2,1H3,(H,31,35). The summed E-state index contributed by atoms with van der Waals surface area (Å²) >= 11 is 0. The van der Waals surface area contributed by atoms with Crippen molar-refractivity contribution in [3.63, 3.8) is 0 Å². The van der Waals surface area contributed by atoms with Crippen molar-refractivity contribution in [2.75, 3.05) is 36.4 Å². The lowest BCUT2D eigenvalue weighted by molar-refractivity contribution is -0.131. The maximum atomic E-state index is 12.7. The first-order valence-corrected chi connectivity index (χ1v) is 13.7. The van der Waals surface area contributed by atoms with Crippen LogP contribution in [0.15, 0.2) is 48.5 Å². The van der Waals surface area contributed by atoms with Crippen LogP contribution in [0.5, 0.6) is 0 Å². The molecular weight excluding hydrogens is 434 g/mol. The first-order valence-electron chi connectivity index (χ1n) is 13.7. The minimum Gasteiger partial charge on any atom is -0.368 e. The van der Waals surface area contributed by atoms with E-state index >= 15 is 0 Å². The monoisotopic (exact) mass is 475 g/mol. The van der Waals surface area contributed by atoms with Crippen molar-refractivity contribution in [3.05, 3.63) is 59.7 Å². The number of nitrogens with zero attached hydrogens (tertiary/aromatic N) is 2. The highest BCUT2D eigenvalue weighted by Gasteiger charge is 2.23. The summed E-state index contributed by atoms with van der Waals surface area (Å²) in [7, 11) is 0. The van der Waals surface area contributed by atoms with Crippen molar-refractivity contribution < 1.29 is 9.59 Å². The molecule has 0 aromatic heterocycles. The fraction of sp³-hybridized carbons (Fsp3) is 0.533. The van der Waals surface area contributed by atoms with Crippen LogP contribution in [-0.4, -0.2) is 42.9 Å². The van der Waals surface area contributed by atoms with Crippen LogP contribution >= 0.6 is 0 Å². The van der Waals surface area contributed by atoms with Crippen molar-refractivity contribution in [2.45, 2.75) is 71.1 Å². The van der Waals surface area contributed by atoms with Gasteiger partial charge >= 0.3 is 0 Å². The van der Waals surface area contributed by atoms with Crippen LogP contribution in [0.3, 0.4) is 0 Å². The Morgan fingerprint density at radius 1 is 0.886 bits per heavy atom. The van der Waals surface area contributed by atoms with Gasteiger partial charge in [0.25, 0.3) is 5.91 Å². The number of unbranched alkanes of at least 4 members (excludes halogenated alkanes) is 2. The van der Waals surface area contributed by atoms with E-state index in [0.29, 0.717) is 17.9 Å². The van der Waals surface area contributed by atoms with Crippen molar-refractivity contribution >= 4 is 23.2 Å². The fourth-order valence-corrected chi connectivity index (χ4v) is 5.36. The predicted molar refractivity (Wildman–Crippen MR) is 144 cm³/mol. The van der Waals surface area contributed by atoms with Gasteiger partial charge in [-0.25, -0.2) is 0 Å². The summed E-state index contributed by atoms with van der Waals surface area (Å²) in [5.74, 6) is 1.01. The topological polar surface area (TPSA) is 52.7 Å². The van der Waals surface area contributed by atoms with Crippen LogP contribution in [0.25, 0.3) is 0 Å². The first-order chi connectivity index (χ1) is 17.1. The van der Waals surface area contributed by atoms with Gasteiger partial charge in [-0.2, -0.15) is 0 Å². The van der Waals surface area contributed by atoms with E-state index in [1.165, 1.54) is 50.5 Å². The summed E-state index contributed by atoms with van der Waals surface area (Å²) in [6.07, 6.45) is 11.8. The number of carbonyl (C=O) groups is 2. The molecular formula is C30H41N3O2. The lowest BCUT2D eigenvalue weighted by Gasteiger charge is -2.36. The second-order valence-corrected chi connectivity index (χ2v) is 10.2. The molecule has 4 rings (SSSR count). The van der Waals surface area contributed by atoms with E-state index < -0.39 is 0 Å². The summed E-state index contributed by atoms with van der Waals surface area (Å²) in [5.41, 5.74) is 3.90. The minimum atomic E-state index is -0.0809. The highest BCUT2D eigenvalue weighted by atomic mass is 16.2. The van der Waals surface area contributed by atoms with E-state index in [-0.39, 0.29) is 5.91 Å². The number of hydrogen-bond acceptors (Lipinski definition) is 3. The zero-order valence-electron chi connectivity index (χ0n) is 21.3. The molecule has 1 N–H and O–H groups in total. The summed E-state index contributed by atoms with van der Waals surface area (Å²) in [4.78, 5) is 29.6. The van der Waals surface area contributed by atoms with E-state index in [0.717, 1.165) is 56.3 Å². The van der Waals surface area contributed by atoms with Gasteiger partial charge in [-0.05, 0) is 67.1 Å². The Bertz CT molecular complexity index is 941. The number of piperazine rings is 1. The molecule has 35 heavy (non-hydrogen) atoms. The first kappa shape index (κ1) is 25.3. The Kier molecular flexibility index (Phi) is 9.21. The normalized spacial score (nSPS) is 16.5. The molecule has 2 fully saturated rings. The highest BCUT2D eigenvalue weighted by molar-refractivity contribution is 6.04. The summed E-state index contributed by atoms with van der Waals surface area (Å²) in [6, 6.07) is 16.0. The molecule has 1 saturated heterocycles. The van der Waals surface area contributed by atoms with Crippen molar-refractivity contribution in [1.29, 1.82) is 0 Å². The molecule has 188 valence electrons. The molecule has 1 aliphatic carbocycles. The van der Waals surface area contributed by atoms with E-state index in [1.54, 1.807) is 0 Å². The second kappa shape index (κ2) is 12.8. The predicted octanol–water partition coefficient (Wildman–Crippen LogP) is 6.29. The molecule has 0 unspecified atom stereocenters. The lowest BCUT2D eigenvalue weighted by atomic mass is 10.0. The molecule has 5 heteroatoms.